The predicted molar refractivity (Wildman–Crippen MR) is 80.4 cm³/mol. The van der Waals surface area contributed by atoms with E-state index in [0.29, 0.717) is 18.5 Å². The molecule has 1 fully saturated rings. The second-order valence-corrected chi connectivity index (χ2v) is 5.52. The monoisotopic (exact) mass is 299 g/mol. The van der Waals surface area contributed by atoms with Crippen LogP contribution in [0.5, 0.6) is 0 Å². The third kappa shape index (κ3) is 2.88. The molecule has 5 nitrogen and oxygen atoms in total. The van der Waals surface area contributed by atoms with Crippen LogP contribution in [-0.4, -0.2) is 35.0 Å². The molecule has 0 bridgehead atoms. The van der Waals surface area contributed by atoms with Gasteiger partial charge in [0.2, 0.25) is 0 Å². The number of likely N-dealkylation sites (tertiary alicyclic amines) is 1. The molecule has 0 spiro atoms. The summed E-state index contributed by atoms with van der Waals surface area (Å²) in [4.78, 5) is 25.4. The van der Waals surface area contributed by atoms with E-state index < -0.39 is 11.9 Å². The smallest absolute Gasteiger partial charge is 0.308 e. The molecule has 1 saturated heterocycles. The summed E-state index contributed by atoms with van der Waals surface area (Å²) in [6, 6.07) is 9.16. The number of amides is 1. The van der Waals surface area contributed by atoms with E-state index in [0.717, 1.165) is 17.5 Å². The van der Waals surface area contributed by atoms with Crippen molar-refractivity contribution in [3.05, 3.63) is 48.4 Å². The fraction of sp³-hybridized carbons (Fsp3) is 0.294. The van der Waals surface area contributed by atoms with E-state index in [9.17, 15) is 9.59 Å². The van der Waals surface area contributed by atoms with Crippen LogP contribution in [0.1, 0.15) is 23.2 Å². The minimum Gasteiger partial charge on any atom is -0.481 e. The topological polar surface area (TPSA) is 70.8 Å². The van der Waals surface area contributed by atoms with Crippen molar-refractivity contribution in [2.45, 2.75) is 12.8 Å². The number of carboxylic acids is 1. The second-order valence-electron chi connectivity index (χ2n) is 5.52. The third-order valence-electron chi connectivity index (χ3n) is 4.02. The van der Waals surface area contributed by atoms with Crippen LogP contribution in [-0.2, 0) is 4.79 Å². The minimum absolute atomic E-state index is 0.115. The Kier molecular flexibility index (Phi) is 3.96. The molecule has 2 aromatic rings. The van der Waals surface area contributed by atoms with E-state index in [2.05, 4.69) is 0 Å². The Labute approximate surface area is 128 Å². The molecule has 1 aliphatic heterocycles. The van der Waals surface area contributed by atoms with Gasteiger partial charge >= 0.3 is 5.97 Å². The van der Waals surface area contributed by atoms with Gasteiger partial charge in [0.1, 0.15) is 0 Å². The second kappa shape index (κ2) is 6.05. The number of carbonyl (C=O) groups is 2. The van der Waals surface area contributed by atoms with Crippen LogP contribution in [0.3, 0.4) is 0 Å². The molecule has 5 heteroatoms. The molecule has 1 unspecified atom stereocenters. The highest BCUT2D eigenvalue weighted by Crippen LogP contribution is 2.23. The maximum absolute atomic E-state index is 12.6. The lowest BCUT2D eigenvalue weighted by atomic mass is 9.97. The lowest BCUT2D eigenvalue weighted by Gasteiger charge is -2.30. The summed E-state index contributed by atoms with van der Waals surface area (Å²) in [7, 11) is 0. The van der Waals surface area contributed by atoms with Crippen molar-refractivity contribution in [3.8, 4) is 11.1 Å². The minimum atomic E-state index is -0.829. The number of carbonyl (C=O) groups excluding carboxylic acids is 1. The van der Waals surface area contributed by atoms with Gasteiger partial charge in [-0.15, -0.1) is 0 Å². The molecule has 0 radical (unpaired) electrons. The van der Waals surface area contributed by atoms with Gasteiger partial charge < -0.3 is 14.4 Å². The highest BCUT2D eigenvalue weighted by atomic mass is 16.4. The molecule has 114 valence electrons. The Balaban J connectivity index is 1.80. The van der Waals surface area contributed by atoms with Gasteiger partial charge in [-0.3, -0.25) is 9.59 Å². The Morgan fingerprint density at radius 3 is 2.82 bits per heavy atom. The molecule has 1 aromatic heterocycles. The third-order valence-corrected chi connectivity index (χ3v) is 4.02. The van der Waals surface area contributed by atoms with Crippen molar-refractivity contribution in [2.24, 2.45) is 5.92 Å². The van der Waals surface area contributed by atoms with Gasteiger partial charge in [-0.05, 0) is 36.6 Å². The maximum atomic E-state index is 12.6. The lowest BCUT2D eigenvalue weighted by molar-refractivity contribution is -0.143. The Bertz CT molecular complexity index is 678. The van der Waals surface area contributed by atoms with Gasteiger partial charge in [0.15, 0.2) is 0 Å². The van der Waals surface area contributed by atoms with E-state index in [-0.39, 0.29) is 12.5 Å². The highest BCUT2D eigenvalue weighted by Gasteiger charge is 2.28. The summed E-state index contributed by atoms with van der Waals surface area (Å²) in [5.74, 6) is -1.41. The zero-order valence-corrected chi connectivity index (χ0v) is 12.1. The largest absolute Gasteiger partial charge is 0.481 e. The fourth-order valence-electron chi connectivity index (χ4n) is 2.81. The Morgan fingerprint density at radius 1 is 1.23 bits per heavy atom. The van der Waals surface area contributed by atoms with Crippen molar-refractivity contribution in [3.63, 3.8) is 0 Å². The number of aliphatic carboxylic acids is 1. The van der Waals surface area contributed by atoms with Crippen molar-refractivity contribution in [2.75, 3.05) is 13.1 Å². The molecule has 1 aromatic carbocycles. The van der Waals surface area contributed by atoms with Crippen LogP contribution in [0.2, 0.25) is 0 Å². The predicted octanol–water partition coefficient (Wildman–Crippen LogP) is 2.88. The first kappa shape index (κ1) is 14.4. The summed E-state index contributed by atoms with van der Waals surface area (Å²) in [6.07, 6.45) is 4.58. The molecular formula is C17H17NO4. The average Bonchev–Trinajstić information content (AvgIpc) is 3.09. The Morgan fingerprint density at radius 2 is 2.09 bits per heavy atom. The number of piperidine rings is 1. The van der Waals surface area contributed by atoms with Gasteiger partial charge in [-0.1, -0.05) is 12.1 Å². The van der Waals surface area contributed by atoms with Gasteiger partial charge in [0.25, 0.3) is 5.91 Å². The fourth-order valence-corrected chi connectivity index (χ4v) is 2.81. The standard InChI is InChI=1S/C17H17NO4/c19-16(18-7-2-5-14(10-18)17(20)21)13-4-1-3-12(9-13)15-6-8-22-11-15/h1,3-4,6,8-9,11,14H,2,5,7,10H2,(H,20,21). The van der Waals surface area contributed by atoms with Gasteiger partial charge in [-0.25, -0.2) is 0 Å². The number of rotatable bonds is 3. The molecule has 1 amide bonds. The van der Waals surface area contributed by atoms with Crippen molar-refractivity contribution >= 4 is 11.9 Å². The average molecular weight is 299 g/mol. The van der Waals surface area contributed by atoms with E-state index in [1.807, 2.05) is 24.3 Å². The lowest BCUT2D eigenvalue weighted by Crippen LogP contribution is -2.42. The van der Waals surface area contributed by atoms with E-state index in [1.165, 1.54) is 0 Å². The number of furan rings is 1. The number of carboxylic acid groups (broad SMARTS) is 1. The first-order valence-corrected chi connectivity index (χ1v) is 7.30. The number of nitrogens with zero attached hydrogens (tertiary/aromatic N) is 1. The van der Waals surface area contributed by atoms with Crippen LogP contribution in [0.15, 0.2) is 47.3 Å². The SMILES string of the molecule is O=C(O)C1CCCN(C(=O)c2cccc(-c3ccoc3)c2)C1. The van der Waals surface area contributed by atoms with E-state index in [4.69, 9.17) is 9.52 Å². The summed E-state index contributed by atoms with van der Waals surface area (Å²) in [5.41, 5.74) is 2.40. The quantitative estimate of drug-likeness (QED) is 0.946. The Hall–Kier alpha value is -2.56. The van der Waals surface area contributed by atoms with Crippen molar-refractivity contribution in [1.82, 2.24) is 4.90 Å². The first-order chi connectivity index (χ1) is 10.6. The molecule has 1 atom stereocenters. The van der Waals surface area contributed by atoms with E-state index in [1.54, 1.807) is 23.5 Å². The zero-order valence-electron chi connectivity index (χ0n) is 12.1. The zero-order chi connectivity index (χ0) is 15.5. The number of hydrogen-bond donors (Lipinski definition) is 1. The maximum Gasteiger partial charge on any atom is 0.308 e. The van der Waals surface area contributed by atoms with Crippen LogP contribution in [0.4, 0.5) is 0 Å². The molecule has 1 N–H and O–H groups in total. The first-order valence-electron chi connectivity index (χ1n) is 7.30. The molecular weight excluding hydrogens is 282 g/mol. The number of benzene rings is 1. The normalized spacial score (nSPS) is 18.2. The molecule has 1 aliphatic rings. The van der Waals surface area contributed by atoms with Crippen LogP contribution >= 0.6 is 0 Å². The summed E-state index contributed by atoms with van der Waals surface area (Å²) >= 11 is 0. The molecule has 0 aliphatic carbocycles. The van der Waals surface area contributed by atoms with Gasteiger partial charge in [-0.2, -0.15) is 0 Å². The van der Waals surface area contributed by atoms with Crippen LogP contribution in [0, 0.1) is 5.92 Å². The van der Waals surface area contributed by atoms with Gasteiger partial charge in [0.05, 0.1) is 18.4 Å². The summed E-state index contributed by atoms with van der Waals surface area (Å²) in [5, 5.41) is 9.13. The number of hydrogen-bond acceptors (Lipinski definition) is 3. The van der Waals surface area contributed by atoms with Crippen LogP contribution in [0.25, 0.3) is 11.1 Å². The highest BCUT2D eigenvalue weighted by molar-refractivity contribution is 5.95. The van der Waals surface area contributed by atoms with Crippen molar-refractivity contribution < 1.29 is 19.1 Å². The van der Waals surface area contributed by atoms with Crippen molar-refractivity contribution in [1.29, 1.82) is 0 Å². The molecule has 22 heavy (non-hydrogen) atoms. The molecule has 0 saturated carbocycles. The summed E-state index contributed by atoms with van der Waals surface area (Å²) in [6.45, 7) is 0.892. The molecule has 3 rings (SSSR count). The van der Waals surface area contributed by atoms with Crippen LogP contribution < -0.4 is 0 Å². The van der Waals surface area contributed by atoms with E-state index >= 15 is 0 Å². The van der Waals surface area contributed by atoms with Gasteiger partial charge in [0, 0.05) is 24.2 Å². The summed E-state index contributed by atoms with van der Waals surface area (Å²) < 4.78 is 5.07. The molecule has 2 heterocycles.